The van der Waals surface area contributed by atoms with E-state index in [2.05, 4.69) is 17.6 Å². The summed E-state index contributed by atoms with van der Waals surface area (Å²) in [6, 6.07) is 9.14. The second-order valence-electron chi connectivity index (χ2n) is 12.6. The minimum atomic E-state index is -3.62. The van der Waals surface area contributed by atoms with E-state index < -0.39 is 34.3 Å². The fourth-order valence-corrected chi connectivity index (χ4v) is 6.81. The summed E-state index contributed by atoms with van der Waals surface area (Å²) in [5, 5.41) is 14.7. The summed E-state index contributed by atoms with van der Waals surface area (Å²) in [5.74, 6) is -1.03. The number of nitrogens with one attached hydrogen (secondary N) is 2. The second-order valence-corrected chi connectivity index (χ2v) is 14.2. The van der Waals surface area contributed by atoms with Gasteiger partial charge in [-0.25, -0.2) is 14.9 Å². The number of fused-ring (bicyclic) bond motifs is 1. The lowest BCUT2D eigenvalue weighted by Gasteiger charge is -2.27. The number of ether oxygens (including phenoxy) is 2. The molecule has 2 aliphatic heterocycles. The van der Waals surface area contributed by atoms with Crippen LogP contribution in [0.3, 0.4) is 0 Å². The average molecular weight is 709 g/mol. The molecule has 2 aliphatic rings. The van der Waals surface area contributed by atoms with Gasteiger partial charge in [0, 0.05) is 18.9 Å². The van der Waals surface area contributed by atoms with Crippen LogP contribution < -0.4 is 21.5 Å². The Morgan fingerprint density at radius 3 is 2.33 bits per heavy atom. The van der Waals surface area contributed by atoms with Gasteiger partial charge in [-0.15, -0.1) is 0 Å². The molecule has 3 atom stereocenters. The number of carbonyl (C=O) groups excluding carboxylic acids is 3. The Kier molecular flexibility index (Phi) is 18.8. The van der Waals surface area contributed by atoms with Crippen LogP contribution in [0.2, 0.25) is 0 Å². The lowest BCUT2D eigenvalue weighted by molar-refractivity contribution is -0.575. The van der Waals surface area contributed by atoms with Gasteiger partial charge in [-0.2, -0.15) is 8.42 Å². The molecule has 276 valence electrons. The summed E-state index contributed by atoms with van der Waals surface area (Å²) in [4.78, 5) is 34.0. The third-order valence-electron chi connectivity index (χ3n) is 8.32. The van der Waals surface area contributed by atoms with E-state index in [0.717, 1.165) is 44.4 Å². The molecule has 0 saturated carbocycles. The van der Waals surface area contributed by atoms with Crippen LogP contribution in [0.25, 0.3) is 0 Å². The van der Waals surface area contributed by atoms with E-state index in [1.54, 1.807) is 0 Å². The van der Waals surface area contributed by atoms with Crippen molar-refractivity contribution in [1.29, 1.82) is 0 Å². The quantitative estimate of drug-likeness (QED) is 0.0777. The fraction of sp³-hybridized carbons (Fsp3) is 0.657. The number of unbranched alkanes of at least 4 members (excludes halogenated alkanes) is 7. The first kappa shape index (κ1) is 41.5. The Labute approximate surface area is 291 Å². The molecule has 3 rings (SSSR count). The summed E-state index contributed by atoms with van der Waals surface area (Å²) in [7, 11) is -3.62. The van der Waals surface area contributed by atoms with Crippen LogP contribution in [-0.4, -0.2) is 74.6 Å². The van der Waals surface area contributed by atoms with E-state index in [1.807, 2.05) is 41.8 Å². The molecular formula is C35H56N4O9S. The van der Waals surface area contributed by atoms with Gasteiger partial charge in [-0.05, 0) is 51.5 Å². The van der Waals surface area contributed by atoms with Crippen LogP contribution in [-0.2, 0) is 40.0 Å². The van der Waals surface area contributed by atoms with Crippen molar-refractivity contribution in [2.24, 2.45) is 5.73 Å². The van der Waals surface area contributed by atoms with E-state index in [9.17, 15) is 18.0 Å². The van der Waals surface area contributed by atoms with Gasteiger partial charge in [-0.1, -0.05) is 82.2 Å². The van der Waals surface area contributed by atoms with Crippen molar-refractivity contribution in [3.8, 4) is 0 Å². The average Bonchev–Trinajstić information content (AvgIpc) is 3.44. The zero-order valence-corrected chi connectivity index (χ0v) is 30.4. The number of amides is 1. The zero-order valence-electron chi connectivity index (χ0n) is 29.5. The predicted molar refractivity (Wildman–Crippen MR) is 185 cm³/mol. The smallest absolute Gasteiger partial charge is 0.407 e. The number of nitrogens with two attached hydrogens (primary N) is 1. The predicted octanol–water partition coefficient (Wildman–Crippen LogP) is 3.60. The Morgan fingerprint density at radius 2 is 1.67 bits per heavy atom. The van der Waals surface area contributed by atoms with Crippen LogP contribution in [0.15, 0.2) is 41.6 Å². The molecule has 13 nitrogen and oxygen atoms in total. The van der Waals surface area contributed by atoms with Gasteiger partial charge in [-0.3, -0.25) is 14.5 Å². The van der Waals surface area contributed by atoms with Gasteiger partial charge in [0.05, 0.1) is 30.7 Å². The fourth-order valence-electron chi connectivity index (χ4n) is 6.14. The highest BCUT2D eigenvalue weighted by molar-refractivity contribution is 7.86. The van der Waals surface area contributed by atoms with Crippen LogP contribution in [0.4, 0.5) is 4.79 Å². The zero-order chi connectivity index (χ0) is 36.2. The second kappa shape index (κ2) is 22.1. The number of esters is 1. The Bertz CT molecular complexity index is 1360. The van der Waals surface area contributed by atoms with Crippen molar-refractivity contribution in [3.63, 3.8) is 0 Å². The molecule has 1 amide bonds. The molecule has 0 bridgehead atoms. The highest BCUT2D eigenvalue weighted by Crippen LogP contribution is 2.33. The first-order valence-corrected chi connectivity index (χ1v) is 19.2. The van der Waals surface area contributed by atoms with E-state index in [1.165, 1.54) is 25.7 Å². The maximum atomic E-state index is 13.2. The lowest BCUT2D eigenvalue weighted by atomic mass is 10.0. The number of aliphatic carboxylic acids is 1. The molecule has 1 fully saturated rings. The van der Waals surface area contributed by atoms with E-state index in [-0.39, 0.29) is 25.3 Å². The largest absolute Gasteiger partial charge is 0.550 e. The van der Waals surface area contributed by atoms with Crippen molar-refractivity contribution >= 4 is 34.1 Å². The highest BCUT2D eigenvalue weighted by atomic mass is 32.2. The Hall–Kier alpha value is -3.65. The normalized spacial score (nSPS) is 17.7. The van der Waals surface area contributed by atoms with Gasteiger partial charge < -0.3 is 24.7 Å². The molecule has 1 saturated heterocycles. The molecule has 1 aromatic carbocycles. The number of rotatable bonds is 20. The van der Waals surface area contributed by atoms with Gasteiger partial charge in [0.15, 0.2) is 0 Å². The van der Waals surface area contributed by atoms with Crippen LogP contribution in [0.1, 0.15) is 110 Å². The van der Waals surface area contributed by atoms with Gasteiger partial charge in [0.1, 0.15) is 18.2 Å². The number of carboxylic acid groups (broad SMARTS) is 1. The van der Waals surface area contributed by atoms with Gasteiger partial charge in [0.25, 0.3) is 10.1 Å². The van der Waals surface area contributed by atoms with Crippen LogP contribution in [0, 0.1) is 0 Å². The minimum absolute atomic E-state index is 0.0672. The minimum Gasteiger partial charge on any atom is -0.550 e. The Morgan fingerprint density at radius 1 is 1.02 bits per heavy atom. The third kappa shape index (κ3) is 16.5. The van der Waals surface area contributed by atoms with Crippen molar-refractivity contribution in [2.45, 2.75) is 129 Å². The number of nitrogens with zero attached hydrogens (tertiary/aromatic N) is 1. The number of alkyl carbamates (subject to hydrolysis) is 1. The van der Waals surface area contributed by atoms with Crippen molar-refractivity contribution in [3.05, 3.63) is 47.2 Å². The molecule has 0 radical (unpaired) electrons. The number of carbonyl (C=O) groups is 3. The molecule has 0 unspecified atom stereocenters. The highest BCUT2D eigenvalue weighted by Gasteiger charge is 2.44. The summed E-state index contributed by atoms with van der Waals surface area (Å²) < 4.78 is 42.5. The van der Waals surface area contributed by atoms with Crippen LogP contribution >= 0.6 is 0 Å². The lowest BCUT2D eigenvalue weighted by Crippen LogP contribution is -2.51. The monoisotopic (exact) mass is 708 g/mol. The number of hydrogen-bond donors (Lipinski definition) is 3. The van der Waals surface area contributed by atoms with E-state index in [4.69, 9.17) is 29.3 Å². The van der Waals surface area contributed by atoms with Crippen molar-refractivity contribution in [1.82, 2.24) is 10.6 Å². The molecule has 1 aromatic rings. The van der Waals surface area contributed by atoms with E-state index in [0.29, 0.717) is 55.9 Å². The maximum absolute atomic E-state index is 13.2. The van der Waals surface area contributed by atoms with Crippen LogP contribution in [0.5, 0.6) is 0 Å². The summed E-state index contributed by atoms with van der Waals surface area (Å²) in [6.45, 7) is 5.82. The Balaban J connectivity index is 0.00000197. The van der Waals surface area contributed by atoms with E-state index >= 15 is 0 Å². The van der Waals surface area contributed by atoms with Crippen molar-refractivity contribution < 1.29 is 46.1 Å². The molecule has 2 heterocycles. The van der Waals surface area contributed by atoms with Gasteiger partial charge in [0.2, 0.25) is 0 Å². The molecular weight excluding hydrogens is 652 g/mol. The molecule has 14 heteroatoms. The maximum Gasteiger partial charge on any atom is 0.407 e. The number of carboxylic acids is 1. The summed E-state index contributed by atoms with van der Waals surface area (Å²) in [5.41, 5.74) is 8.54. The SMILES string of the molecule is CC(=O)[O-].CCCCCCCCC[C@@H](C[C@@H]1CC[C@H]2C(C(=O)OCCCCNC(=O)OCc3ccccc3)=C(C)NC(N)=[N+]12)OS(C)(=O)=O. The number of allylic oxidation sites excluding steroid dienone is 1. The molecule has 49 heavy (non-hydrogen) atoms. The molecule has 4 N–H and O–H groups in total. The number of hydrogen-bond acceptors (Lipinski definition) is 11. The van der Waals surface area contributed by atoms with Gasteiger partial charge >= 0.3 is 18.0 Å². The number of benzene rings is 1. The van der Waals surface area contributed by atoms with Crippen molar-refractivity contribution in [2.75, 3.05) is 19.4 Å². The topological polar surface area (TPSA) is 189 Å². The summed E-state index contributed by atoms with van der Waals surface area (Å²) >= 11 is 0. The summed E-state index contributed by atoms with van der Waals surface area (Å²) in [6.07, 6.45) is 12.0. The first-order chi connectivity index (χ1) is 23.3. The third-order valence-corrected chi connectivity index (χ3v) is 8.94. The molecule has 0 aromatic heterocycles. The standard InChI is InChI=1S/C33H52N4O7S.C2H4O2/c1-4-5-6-7-8-9-13-18-28(44-45(3,40)41)23-27-19-20-29-30(25(2)36-32(34)37(27)29)31(38)42-22-15-14-21-35-33(39)43-24-26-16-11-10-12-17-26;1-2(3)4/h10-12,16-17,27-29H,4-9,13-15,18-24H2,1-3H3,(H3,34,35,36,38,39);1H3,(H,3,4)/t27-,28-,29-;/m0./s1. The molecule has 0 spiro atoms. The number of guanidine groups is 1. The molecule has 0 aliphatic carbocycles. The first-order valence-electron chi connectivity index (χ1n) is 17.4.